The van der Waals surface area contributed by atoms with E-state index in [1.54, 1.807) is 65.9 Å². The number of fused-ring (bicyclic) bond motifs is 5. The maximum absolute atomic E-state index is 15.4. The Kier molecular flexibility index (Phi) is 14.8. The van der Waals surface area contributed by atoms with Crippen LogP contribution in [0.5, 0.6) is 0 Å². The van der Waals surface area contributed by atoms with Gasteiger partial charge in [-0.3, -0.25) is 14.4 Å². The lowest BCUT2D eigenvalue weighted by molar-refractivity contribution is -0.172. The van der Waals surface area contributed by atoms with Crippen molar-refractivity contribution in [1.82, 2.24) is 30.8 Å². The normalized spacial score (nSPS) is 17.0. The van der Waals surface area contributed by atoms with E-state index < -0.39 is 64.8 Å². The van der Waals surface area contributed by atoms with Crippen molar-refractivity contribution in [1.29, 1.82) is 0 Å². The molecular weight excluding hydrogens is 876 g/mol. The second-order valence-electron chi connectivity index (χ2n) is 17.4. The lowest BCUT2D eigenvalue weighted by Crippen LogP contribution is -2.46. The smallest absolute Gasteiger partial charge is 0.408 e. The minimum Gasteiger partial charge on any atom is -0.483 e. The average Bonchev–Trinajstić information content (AvgIpc) is 3.63. The van der Waals surface area contributed by atoms with E-state index in [4.69, 9.17) is 34.8 Å². The van der Waals surface area contributed by atoms with Crippen molar-refractivity contribution in [2.24, 2.45) is 5.73 Å². The predicted octanol–water partition coefficient (Wildman–Crippen LogP) is 4.14. The third-order valence-corrected chi connectivity index (χ3v) is 11.8. The Morgan fingerprint density at radius 3 is 2.51 bits per heavy atom. The molecule has 4 aromatic rings. The van der Waals surface area contributed by atoms with Crippen molar-refractivity contribution >= 4 is 53.2 Å². The molecule has 3 atom stereocenters. The highest BCUT2D eigenvalue weighted by molar-refractivity contribution is 5.97. The van der Waals surface area contributed by atoms with Crippen molar-refractivity contribution in [3.05, 3.63) is 91.0 Å². The SMILES string of the molecule is CC[C@@]1(O)C(=O)OCc2c1cc1n(c2=O)Cc2c-1nc1cc(F)c(C)c3c1c2[C@@H](NC(=O)OCc1ccc(NC(=O)[C@H](CCCNC(N)=O)NC(=O)OC(C)(C)C)cc1CNC)CC3.O=CO. The fourth-order valence-corrected chi connectivity index (χ4v) is 8.69. The summed E-state index contributed by atoms with van der Waals surface area (Å²) in [5.41, 5.74) is 7.59. The van der Waals surface area contributed by atoms with Gasteiger partial charge in [0.1, 0.15) is 30.7 Å². The fourth-order valence-electron chi connectivity index (χ4n) is 8.69. The van der Waals surface area contributed by atoms with Gasteiger partial charge in [0, 0.05) is 41.4 Å². The van der Waals surface area contributed by atoms with E-state index in [1.165, 1.54) is 10.6 Å². The molecule has 7 rings (SSSR count). The van der Waals surface area contributed by atoms with Gasteiger partial charge in [0.2, 0.25) is 5.91 Å². The molecular formula is C46H55FN8O12. The summed E-state index contributed by atoms with van der Waals surface area (Å²) in [6.07, 6.45) is -0.217. The van der Waals surface area contributed by atoms with Gasteiger partial charge in [-0.15, -0.1) is 0 Å². The first-order chi connectivity index (χ1) is 31.7. The number of nitrogens with one attached hydrogen (secondary N) is 5. The van der Waals surface area contributed by atoms with Crippen LogP contribution in [0, 0.1) is 12.7 Å². The number of carboxylic acid groups (broad SMARTS) is 1. The number of benzene rings is 2. The molecule has 0 unspecified atom stereocenters. The fraction of sp³-hybridized carbons (Fsp3) is 0.435. The number of aliphatic hydroxyl groups is 1. The minimum absolute atomic E-state index is 0.0281. The zero-order valence-electron chi connectivity index (χ0n) is 38.0. The van der Waals surface area contributed by atoms with Crippen LogP contribution in [-0.4, -0.2) is 81.6 Å². The number of urea groups is 1. The topological polar surface area (TPSA) is 292 Å². The van der Waals surface area contributed by atoms with Crippen molar-refractivity contribution in [2.45, 2.75) is 116 Å². The summed E-state index contributed by atoms with van der Waals surface area (Å²) < 4.78 is 33.3. The standard InChI is InChI=1S/C45H53FN8O10.CH2O2/c1-7-45(61)29-16-34-37-27(19-54(34)39(56)28(29)21-62-40(45)57)36-31(13-12-26-22(2)30(46)17-33(51-37)35(26)36)52-42(59)63-20-23-10-11-25(15-24(23)18-48-6)50-38(55)32(9-8-14-49-41(47)58)53-43(60)64-44(3,4)5;2-1-3/h10-11,15-17,31-32,48,61H,7-9,12-14,18-21H2,1-6H3,(H,50,55)(H,52,59)(H,53,60)(H3,47,49,58);1H,(H,2,3)/t31-,32-,45-;/m0./s1. The van der Waals surface area contributed by atoms with E-state index >= 15 is 4.39 Å². The molecule has 0 saturated carbocycles. The molecule has 0 bridgehead atoms. The highest BCUT2D eigenvalue weighted by Gasteiger charge is 2.46. The van der Waals surface area contributed by atoms with Gasteiger partial charge in [-0.2, -0.15) is 0 Å². The molecule has 20 nitrogen and oxygen atoms in total. The number of anilines is 1. The van der Waals surface area contributed by atoms with Crippen LogP contribution < -0.4 is 37.9 Å². The molecule has 5 amide bonds. The summed E-state index contributed by atoms with van der Waals surface area (Å²) in [6, 6.07) is 5.67. The van der Waals surface area contributed by atoms with E-state index in [0.29, 0.717) is 81.6 Å². The maximum Gasteiger partial charge on any atom is 0.408 e. The Balaban J connectivity index is 0.00000240. The number of rotatable bonds is 13. The van der Waals surface area contributed by atoms with Gasteiger partial charge < -0.3 is 61.3 Å². The predicted molar refractivity (Wildman–Crippen MR) is 240 cm³/mol. The molecule has 1 aliphatic carbocycles. The zero-order valence-corrected chi connectivity index (χ0v) is 38.0. The van der Waals surface area contributed by atoms with Gasteiger partial charge in [0.25, 0.3) is 12.0 Å². The van der Waals surface area contributed by atoms with Gasteiger partial charge in [-0.25, -0.2) is 28.6 Å². The number of carbonyl (C=O) groups is 6. The molecule has 2 aromatic heterocycles. The molecule has 0 fully saturated rings. The summed E-state index contributed by atoms with van der Waals surface area (Å²) in [5, 5.41) is 32.9. The van der Waals surface area contributed by atoms with Crippen molar-refractivity contribution in [2.75, 3.05) is 18.9 Å². The number of hydrogen-bond donors (Lipinski definition) is 8. The van der Waals surface area contributed by atoms with Crippen molar-refractivity contribution in [3.63, 3.8) is 0 Å². The number of pyridine rings is 2. The number of cyclic esters (lactones) is 1. The molecule has 3 aliphatic rings. The second-order valence-corrected chi connectivity index (χ2v) is 17.4. The summed E-state index contributed by atoms with van der Waals surface area (Å²) in [7, 11) is 1.74. The number of halogens is 1. The van der Waals surface area contributed by atoms with Crippen LogP contribution in [0.15, 0.2) is 35.1 Å². The summed E-state index contributed by atoms with van der Waals surface area (Å²) in [6.45, 7) is 8.35. The van der Waals surface area contributed by atoms with E-state index in [0.717, 1.165) is 5.56 Å². The minimum atomic E-state index is -2.03. The Hall–Kier alpha value is -7.13. The molecule has 67 heavy (non-hydrogen) atoms. The molecule has 9 N–H and O–H groups in total. The van der Waals surface area contributed by atoms with Crippen molar-refractivity contribution < 1.29 is 57.6 Å². The molecule has 4 heterocycles. The molecule has 2 aliphatic heterocycles. The number of carbonyl (C=O) groups excluding carboxylic acids is 5. The Labute approximate surface area is 384 Å². The number of nitrogens with two attached hydrogens (primary N) is 1. The zero-order chi connectivity index (χ0) is 49.0. The maximum atomic E-state index is 15.4. The Morgan fingerprint density at radius 2 is 1.84 bits per heavy atom. The lowest BCUT2D eigenvalue weighted by atomic mass is 9.81. The third-order valence-electron chi connectivity index (χ3n) is 11.8. The van der Waals surface area contributed by atoms with E-state index in [-0.39, 0.29) is 56.7 Å². The second kappa shape index (κ2) is 20.2. The highest BCUT2D eigenvalue weighted by Crippen LogP contribution is 2.46. The number of primary amides is 1. The van der Waals surface area contributed by atoms with Crippen LogP contribution >= 0.6 is 0 Å². The number of hydrogen-bond acceptors (Lipinski definition) is 13. The molecule has 358 valence electrons. The first kappa shape index (κ1) is 49.3. The Morgan fingerprint density at radius 1 is 1.10 bits per heavy atom. The molecule has 0 spiro atoms. The van der Waals surface area contributed by atoms with Crippen LogP contribution in [0.4, 0.5) is 24.5 Å². The number of aromatic nitrogens is 2. The Bertz CT molecular complexity index is 2700. The van der Waals surface area contributed by atoms with Gasteiger partial charge in [-0.1, -0.05) is 13.0 Å². The van der Waals surface area contributed by atoms with Crippen LogP contribution in [0.3, 0.4) is 0 Å². The van der Waals surface area contributed by atoms with E-state index in [2.05, 4.69) is 26.6 Å². The van der Waals surface area contributed by atoms with E-state index in [9.17, 15) is 33.9 Å². The highest BCUT2D eigenvalue weighted by atomic mass is 19.1. The number of esters is 1. The molecule has 21 heteroatoms. The van der Waals surface area contributed by atoms with E-state index in [1.807, 2.05) is 0 Å². The lowest BCUT2D eigenvalue weighted by Gasteiger charge is -2.31. The summed E-state index contributed by atoms with van der Waals surface area (Å²) in [4.78, 5) is 90.9. The largest absolute Gasteiger partial charge is 0.483 e. The summed E-state index contributed by atoms with van der Waals surface area (Å²) >= 11 is 0. The summed E-state index contributed by atoms with van der Waals surface area (Å²) in [5.74, 6) is -1.81. The van der Waals surface area contributed by atoms with Gasteiger partial charge in [-0.05, 0) is 113 Å². The average molecular weight is 931 g/mol. The number of nitrogens with zero attached hydrogens (tertiary/aromatic N) is 2. The van der Waals surface area contributed by atoms with Crippen LogP contribution in [0.25, 0.3) is 22.3 Å². The third kappa shape index (κ3) is 10.5. The number of aryl methyl sites for hydroxylation is 1. The number of amides is 5. The molecule has 0 saturated heterocycles. The number of ether oxygens (including phenoxy) is 3. The van der Waals surface area contributed by atoms with Gasteiger partial charge in [0.05, 0.1) is 35.1 Å². The molecule has 0 radical (unpaired) electrons. The first-order valence-corrected chi connectivity index (χ1v) is 21.7. The quantitative estimate of drug-likeness (QED) is 0.0357. The number of alkyl carbamates (subject to hydrolysis) is 2. The first-order valence-electron chi connectivity index (χ1n) is 21.7. The van der Waals surface area contributed by atoms with Crippen molar-refractivity contribution in [3.8, 4) is 11.4 Å². The monoisotopic (exact) mass is 930 g/mol. The van der Waals surface area contributed by atoms with Crippen LogP contribution in [0.1, 0.15) is 104 Å². The molecule has 2 aromatic carbocycles. The van der Waals surface area contributed by atoms with Crippen LogP contribution in [-0.2, 0) is 66.9 Å². The van der Waals surface area contributed by atoms with Gasteiger partial charge in [0.15, 0.2) is 5.60 Å². The van der Waals surface area contributed by atoms with Crippen LogP contribution in [0.2, 0.25) is 0 Å². The van der Waals surface area contributed by atoms with Gasteiger partial charge >= 0.3 is 24.2 Å².